The summed E-state index contributed by atoms with van der Waals surface area (Å²) >= 11 is 0. The zero-order chi connectivity index (χ0) is 20.9. The Kier molecular flexibility index (Phi) is 10.3. The predicted octanol–water partition coefficient (Wildman–Crippen LogP) is 2.06. The van der Waals surface area contributed by atoms with Gasteiger partial charge >= 0.3 is 11.9 Å². The molecule has 0 bridgehead atoms. The van der Waals surface area contributed by atoms with Crippen molar-refractivity contribution in [3.63, 3.8) is 0 Å². The number of nitrogens with zero attached hydrogens (tertiary/aromatic N) is 1. The van der Waals surface area contributed by atoms with E-state index in [9.17, 15) is 5.11 Å². The summed E-state index contributed by atoms with van der Waals surface area (Å²) in [5.41, 5.74) is 2.48. The van der Waals surface area contributed by atoms with Gasteiger partial charge in [-0.25, -0.2) is 9.59 Å². The molecule has 152 valence electrons. The quantitative estimate of drug-likeness (QED) is 0.593. The van der Waals surface area contributed by atoms with Gasteiger partial charge in [-0.3, -0.25) is 0 Å². The first-order valence-electron chi connectivity index (χ1n) is 8.84. The molecule has 7 nitrogen and oxygen atoms in total. The van der Waals surface area contributed by atoms with Crippen LogP contribution >= 0.6 is 0 Å². The van der Waals surface area contributed by atoms with E-state index in [0.29, 0.717) is 13.2 Å². The van der Waals surface area contributed by atoms with Crippen molar-refractivity contribution in [3.05, 3.63) is 65.7 Å². The molecule has 0 radical (unpaired) electrons. The molecule has 0 aliphatic heterocycles. The Morgan fingerprint density at radius 1 is 1.04 bits per heavy atom. The maximum absolute atomic E-state index is 10.1. The lowest BCUT2D eigenvalue weighted by atomic mass is 10.1. The maximum atomic E-state index is 10.1. The standard InChI is InChI=1S/C19H25NO2.C2H2O4/c1-16-7-6-10-19(13-16)22-15-18(21)14-20(2)12-11-17-8-4-3-5-9-17;3-1(4)2(5)6/h3-10,13,18,21H,11-12,14-15H2,1-2H3;(H,3,4)(H,5,6). The second kappa shape index (κ2) is 12.5. The molecule has 3 N–H and O–H groups in total. The van der Waals surface area contributed by atoms with Crippen LogP contribution in [0.15, 0.2) is 54.6 Å². The van der Waals surface area contributed by atoms with Crippen LogP contribution in [-0.4, -0.2) is 65.0 Å². The van der Waals surface area contributed by atoms with Crippen molar-refractivity contribution in [3.8, 4) is 5.75 Å². The van der Waals surface area contributed by atoms with Crippen molar-refractivity contribution in [1.82, 2.24) is 4.90 Å². The second-order valence-electron chi connectivity index (χ2n) is 6.39. The number of likely N-dealkylation sites (N-methyl/N-ethyl adjacent to an activating group) is 1. The monoisotopic (exact) mass is 389 g/mol. The first-order valence-corrected chi connectivity index (χ1v) is 8.84. The van der Waals surface area contributed by atoms with E-state index < -0.39 is 18.0 Å². The van der Waals surface area contributed by atoms with Crippen LogP contribution in [0.5, 0.6) is 5.75 Å². The fraction of sp³-hybridized carbons (Fsp3) is 0.333. The van der Waals surface area contributed by atoms with Crippen LogP contribution in [0.25, 0.3) is 0 Å². The molecule has 1 atom stereocenters. The van der Waals surface area contributed by atoms with Crippen molar-refractivity contribution in [2.45, 2.75) is 19.4 Å². The number of ether oxygens (including phenoxy) is 1. The van der Waals surface area contributed by atoms with Gasteiger partial charge in [0.1, 0.15) is 18.5 Å². The van der Waals surface area contributed by atoms with E-state index in [-0.39, 0.29) is 0 Å². The zero-order valence-electron chi connectivity index (χ0n) is 16.1. The average Bonchev–Trinajstić information content (AvgIpc) is 2.66. The Morgan fingerprint density at radius 3 is 2.25 bits per heavy atom. The number of carboxylic acid groups (broad SMARTS) is 2. The third-order valence-electron chi connectivity index (χ3n) is 3.76. The van der Waals surface area contributed by atoms with Gasteiger partial charge in [0, 0.05) is 13.1 Å². The molecule has 1 unspecified atom stereocenters. The molecule has 0 fully saturated rings. The summed E-state index contributed by atoms with van der Waals surface area (Å²) in [6.45, 7) is 3.88. The Morgan fingerprint density at radius 2 is 1.68 bits per heavy atom. The van der Waals surface area contributed by atoms with Gasteiger partial charge in [-0.2, -0.15) is 0 Å². The highest BCUT2D eigenvalue weighted by Crippen LogP contribution is 2.12. The number of aliphatic carboxylic acids is 2. The van der Waals surface area contributed by atoms with Gasteiger partial charge in [0.15, 0.2) is 0 Å². The molecule has 0 saturated carbocycles. The Hall–Kier alpha value is -2.90. The minimum atomic E-state index is -1.82. The van der Waals surface area contributed by atoms with Crippen molar-refractivity contribution >= 4 is 11.9 Å². The lowest BCUT2D eigenvalue weighted by Crippen LogP contribution is -2.34. The molecule has 28 heavy (non-hydrogen) atoms. The number of benzene rings is 2. The maximum Gasteiger partial charge on any atom is 0.414 e. The molecule has 7 heteroatoms. The summed E-state index contributed by atoms with van der Waals surface area (Å²) in [5, 5.41) is 24.9. The fourth-order valence-electron chi connectivity index (χ4n) is 2.37. The lowest BCUT2D eigenvalue weighted by Gasteiger charge is -2.21. The van der Waals surface area contributed by atoms with Crippen molar-refractivity contribution in [2.75, 3.05) is 26.7 Å². The second-order valence-corrected chi connectivity index (χ2v) is 6.39. The highest BCUT2D eigenvalue weighted by atomic mass is 16.5. The topological polar surface area (TPSA) is 107 Å². The molecule has 2 rings (SSSR count). The molecule has 2 aromatic carbocycles. The SMILES string of the molecule is Cc1cccc(OCC(O)CN(C)CCc2ccccc2)c1.O=C(O)C(=O)O. The Bertz CT molecular complexity index is 723. The minimum absolute atomic E-state index is 0.319. The van der Waals surface area contributed by atoms with Crippen molar-refractivity contribution in [1.29, 1.82) is 0 Å². The number of aliphatic hydroxyl groups is 1. The lowest BCUT2D eigenvalue weighted by molar-refractivity contribution is -0.159. The van der Waals surface area contributed by atoms with Crippen LogP contribution in [0.4, 0.5) is 0 Å². The van der Waals surface area contributed by atoms with E-state index in [0.717, 1.165) is 24.3 Å². The summed E-state index contributed by atoms with van der Waals surface area (Å²) in [4.78, 5) is 20.3. The Labute approximate surface area is 164 Å². The first-order chi connectivity index (χ1) is 13.3. The Balaban J connectivity index is 0.000000568. The van der Waals surface area contributed by atoms with Gasteiger partial charge in [0.25, 0.3) is 0 Å². The normalized spacial score (nSPS) is 11.3. The number of rotatable bonds is 8. The summed E-state index contributed by atoms with van der Waals surface area (Å²) in [6, 6.07) is 18.3. The summed E-state index contributed by atoms with van der Waals surface area (Å²) in [7, 11) is 2.03. The number of carboxylic acids is 2. The van der Waals surface area contributed by atoms with E-state index in [1.807, 2.05) is 44.3 Å². The average molecular weight is 389 g/mol. The molecule has 0 heterocycles. The molecule has 0 aliphatic rings. The van der Waals surface area contributed by atoms with Gasteiger partial charge < -0.3 is 25.0 Å². The summed E-state index contributed by atoms with van der Waals surface area (Å²) < 4.78 is 5.64. The summed E-state index contributed by atoms with van der Waals surface area (Å²) in [5.74, 6) is -2.84. The summed E-state index contributed by atoms with van der Waals surface area (Å²) in [6.07, 6.45) is 0.504. The number of aryl methyl sites for hydroxylation is 1. The highest BCUT2D eigenvalue weighted by Gasteiger charge is 2.09. The van der Waals surface area contributed by atoms with Crippen LogP contribution < -0.4 is 4.74 Å². The molecule has 0 saturated heterocycles. The van der Waals surface area contributed by atoms with Crippen LogP contribution in [0, 0.1) is 6.92 Å². The molecule has 0 amide bonds. The molecular weight excluding hydrogens is 362 g/mol. The van der Waals surface area contributed by atoms with E-state index in [2.05, 4.69) is 29.2 Å². The van der Waals surface area contributed by atoms with Crippen LogP contribution in [0.1, 0.15) is 11.1 Å². The van der Waals surface area contributed by atoms with Gasteiger partial charge in [0.05, 0.1) is 0 Å². The van der Waals surface area contributed by atoms with Crippen molar-refractivity contribution < 1.29 is 29.6 Å². The van der Waals surface area contributed by atoms with E-state index in [1.54, 1.807) is 0 Å². The van der Waals surface area contributed by atoms with Crippen molar-refractivity contribution in [2.24, 2.45) is 0 Å². The molecule has 2 aromatic rings. The number of hydrogen-bond acceptors (Lipinski definition) is 5. The molecule has 0 spiro atoms. The molecule has 0 aliphatic carbocycles. The van der Waals surface area contributed by atoms with Crippen LogP contribution in [0.3, 0.4) is 0 Å². The van der Waals surface area contributed by atoms with Crippen LogP contribution in [-0.2, 0) is 16.0 Å². The van der Waals surface area contributed by atoms with Gasteiger partial charge in [0.2, 0.25) is 0 Å². The van der Waals surface area contributed by atoms with Gasteiger partial charge in [-0.1, -0.05) is 42.5 Å². The van der Waals surface area contributed by atoms with Crippen LogP contribution in [0.2, 0.25) is 0 Å². The molecular formula is C21H27NO6. The third kappa shape index (κ3) is 10.3. The highest BCUT2D eigenvalue weighted by molar-refractivity contribution is 6.27. The fourth-order valence-corrected chi connectivity index (χ4v) is 2.37. The van der Waals surface area contributed by atoms with E-state index in [1.165, 1.54) is 5.56 Å². The number of carbonyl (C=O) groups is 2. The minimum Gasteiger partial charge on any atom is -0.491 e. The first kappa shape index (κ1) is 23.1. The molecule has 0 aromatic heterocycles. The third-order valence-corrected chi connectivity index (χ3v) is 3.76. The van der Waals surface area contributed by atoms with Gasteiger partial charge in [-0.15, -0.1) is 0 Å². The largest absolute Gasteiger partial charge is 0.491 e. The number of hydrogen-bond donors (Lipinski definition) is 3. The van der Waals surface area contributed by atoms with E-state index >= 15 is 0 Å². The zero-order valence-corrected chi connectivity index (χ0v) is 16.1. The predicted molar refractivity (Wildman–Crippen MR) is 106 cm³/mol. The van der Waals surface area contributed by atoms with E-state index in [4.69, 9.17) is 24.5 Å². The smallest absolute Gasteiger partial charge is 0.414 e. The van der Waals surface area contributed by atoms with Gasteiger partial charge in [-0.05, 0) is 43.7 Å². The number of aliphatic hydroxyl groups excluding tert-OH is 1.